The smallest absolute Gasteiger partial charge is 0.236 e. The molecule has 0 aromatic heterocycles. The maximum Gasteiger partial charge on any atom is 0.236 e. The van der Waals surface area contributed by atoms with Crippen LogP contribution in [0.2, 0.25) is 0 Å². The molecule has 0 aromatic carbocycles. The summed E-state index contributed by atoms with van der Waals surface area (Å²) in [6.45, 7) is 12.9. The number of rotatable bonds is 7. The molecule has 0 radical (unpaired) electrons. The van der Waals surface area contributed by atoms with Gasteiger partial charge in [0.05, 0.1) is 13.1 Å². The maximum atomic E-state index is 12.3. The second kappa shape index (κ2) is 9.23. The van der Waals surface area contributed by atoms with Crippen molar-refractivity contribution in [1.29, 1.82) is 0 Å². The summed E-state index contributed by atoms with van der Waals surface area (Å²) in [5, 5.41) is 2.98. The molecule has 6 nitrogen and oxygen atoms in total. The van der Waals surface area contributed by atoms with Gasteiger partial charge >= 0.3 is 0 Å². The number of piperazine rings is 1. The van der Waals surface area contributed by atoms with Crippen molar-refractivity contribution in [1.82, 2.24) is 20.0 Å². The predicted octanol–water partition coefficient (Wildman–Crippen LogP) is 0.777. The third kappa shape index (κ3) is 8.32. The van der Waals surface area contributed by atoms with Crippen molar-refractivity contribution in [3.05, 3.63) is 0 Å². The fraction of sp³-hybridized carbons (Fsp3) is 0.882. The van der Waals surface area contributed by atoms with Gasteiger partial charge in [0, 0.05) is 31.7 Å². The Bertz CT molecular complexity index is 385. The molecule has 0 atom stereocenters. The molecule has 0 bridgehead atoms. The van der Waals surface area contributed by atoms with E-state index >= 15 is 0 Å². The van der Waals surface area contributed by atoms with E-state index < -0.39 is 0 Å². The number of carbonyl (C=O) groups excluding carboxylic acids is 2. The summed E-state index contributed by atoms with van der Waals surface area (Å²) in [5.41, 5.74) is -0.196. The van der Waals surface area contributed by atoms with Crippen LogP contribution in [0, 0.1) is 0 Å². The molecule has 134 valence electrons. The SMILES string of the molecule is CCCCN(C)CC(=O)N1CCN(CC(=O)NC(C)(C)C)CC1. The van der Waals surface area contributed by atoms with Crippen LogP contribution in [0.25, 0.3) is 0 Å². The standard InChI is InChI=1S/C17H34N4O2/c1-6-7-8-19(5)14-16(23)21-11-9-20(10-12-21)13-15(22)18-17(2,3)4/h6-14H2,1-5H3,(H,18,22). The minimum atomic E-state index is -0.196. The Hall–Kier alpha value is -1.14. The summed E-state index contributed by atoms with van der Waals surface area (Å²) >= 11 is 0. The van der Waals surface area contributed by atoms with Crippen LogP contribution in [0.1, 0.15) is 40.5 Å². The van der Waals surface area contributed by atoms with E-state index in [4.69, 9.17) is 0 Å². The first-order chi connectivity index (χ1) is 10.7. The van der Waals surface area contributed by atoms with Gasteiger partial charge in [-0.05, 0) is 40.8 Å². The fourth-order valence-corrected chi connectivity index (χ4v) is 2.65. The normalized spacial score (nSPS) is 16.7. The summed E-state index contributed by atoms with van der Waals surface area (Å²) in [6.07, 6.45) is 2.27. The molecule has 0 saturated carbocycles. The highest BCUT2D eigenvalue weighted by Crippen LogP contribution is 2.04. The van der Waals surface area contributed by atoms with Crippen LogP contribution in [-0.4, -0.2) is 84.9 Å². The predicted molar refractivity (Wildman–Crippen MR) is 93.3 cm³/mol. The Morgan fingerprint density at radius 2 is 1.74 bits per heavy atom. The van der Waals surface area contributed by atoms with Gasteiger partial charge in [-0.15, -0.1) is 0 Å². The molecule has 1 N–H and O–H groups in total. The third-order valence-electron chi connectivity index (χ3n) is 3.91. The van der Waals surface area contributed by atoms with Gasteiger partial charge in [-0.3, -0.25) is 19.4 Å². The molecule has 0 spiro atoms. The molecule has 0 aliphatic carbocycles. The number of hydrogen-bond acceptors (Lipinski definition) is 4. The van der Waals surface area contributed by atoms with Crippen molar-refractivity contribution in [3.8, 4) is 0 Å². The van der Waals surface area contributed by atoms with Crippen LogP contribution < -0.4 is 5.32 Å². The average Bonchev–Trinajstić information content (AvgIpc) is 2.43. The first kappa shape index (κ1) is 19.9. The van der Waals surface area contributed by atoms with Gasteiger partial charge in [-0.1, -0.05) is 13.3 Å². The second-order valence-corrected chi connectivity index (χ2v) is 7.55. The average molecular weight is 326 g/mol. The highest BCUT2D eigenvalue weighted by atomic mass is 16.2. The first-order valence-electron chi connectivity index (χ1n) is 8.71. The quantitative estimate of drug-likeness (QED) is 0.751. The van der Waals surface area contributed by atoms with E-state index in [9.17, 15) is 9.59 Å². The van der Waals surface area contributed by atoms with Gasteiger partial charge in [0.1, 0.15) is 0 Å². The van der Waals surface area contributed by atoms with Crippen molar-refractivity contribution in [2.45, 2.75) is 46.1 Å². The summed E-state index contributed by atoms with van der Waals surface area (Å²) in [4.78, 5) is 30.3. The zero-order valence-electron chi connectivity index (χ0n) is 15.5. The molecule has 23 heavy (non-hydrogen) atoms. The van der Waals surface area contributed by atoms with Crippen molar-refractivity contribution in [2.75, 3.05) is 52.9 Å². The van der Waals surface area contributed by atoms with Crippen LogP contribution in [0.3, 0.4) is 0 Å². The van der Waals surface area contributed by atoms with Gasteiger partial charge in [0.2, 0.25) is 11.8 Å². The number of likely N-dealkylation sites (N-methyl/N-ethyl adjacent to an activating group) is 1. The highest BCUT2D eigenvalue weighted by Gasteiger charge is 2.24. The zero-order chi connectivity index (χ0) is 17.5. The maximum absolute atomic E-state index is 12.3. The Morgan fingerprint density at radius 3 is 2.26 bits per heavy atom. The number of nitrogens with zero attached hydrogens (tertiary/aromatic N) is 3. The number of nitrogens with one attached hydrogen (secondary N) is 1. The minimum absolute atomic E-state index is 0.0524. The van der Waals surface area contributed by atoms with Crippen LogP contribution in [0.5, 0.6) is 0 Å². The van der Waals surface area contributed by atoms with E-state index in [1.54, 1.807) is 0 Å². The second-order valence-electron chi connectivity index (χ2n) is 7.55. The number of amides is 2. The molecule has 1 aliphatic rings. The summed E-state index contributed by atoms with van der Waals surface area (Å²) < 4.78 is 0. The van der Waals surface area contributed by atoms with Gasteiger partial charge < -0.3 is 10.2 Å². The Balaban J connectivity index is 2.29. The molecular weight excluding hydrogens is 292 g/mol. The lowest BCUT2D eigenvalue weighted by atomic mass is 10.1. The molecule has 0 aromatic rings. The van der Waals surface area contributed by atoms with Crippen molar-refractivity contribution >= 4 is 11.8 Å². The molecule has 1 aliphatic heterocycles. The lowest BCUT2D eigenvalue weighted by molar-refractivity contribution is -0.134. The van der Waals surface area contributed by atoms with Gasteiger partial charge in [-0.25, -0.2) is 0 Å². The van der Waals surface area contributed by atoms with Crippen LogP contribution in [0.15, 0.2) is 0 Å². The van der Waals surface area contributed by atoms with Gasteiger partial charge in [-0.2, -0.15) is 0 Å². The Morgan fingerprint density at radius 1 is 1.13 bits per heavy atom. The Labute approximate surface area is 141 Å². The van der Waals surface area contributed by atoms with Crippen LogP contribution in [-0.2, 0) is 9.59 Å². The fourth-order valence-electron chi connectivity index (χ4n) is 2.65. The van der Waals surface area contributed by atoms with E-state index in [2.05, 4.69) is 22.0 Å². The lowest BCUT2D eigenvalue weighted by Crippen LogP contribution is -2.54. The molecule has 1 rings (SSSR count). The van der Waals surface area contributed by atoms with Crippen LogP contribution in [0.4, 0.5) is 0 Å². The molecule has 1 heterocycles. The summed E-state index contributed by atoms with van der Waals surface area (Å²) in [6, 6.07) is 0. The molecule has 1 fully saturated rings. The summed E-state index contributed by atoms with van der Waals surface area (Å²) in [7, 11) is 2.00. The van der Waals surface area contributed by atoms with E-state index in [0.29, 0.717) is 26.2 Å². The van der Waals surface area contributed by atoms with E-state index in [-0.39, 0.29) is 17.4 Å². The van der Waals surface area contributed by atoms with E-state index in [1.807, 2.05) is 32.7 Å². The van der Waals surface area contributed by atoms with Crippen LogP contribution >= 0.6 is 0 Å². The van der Waals surface area contributed by atoms with Crippen molar-refractivity contribution in [3.63, 3.8) is 0 Å². The topological polar surface area (TPSA) is 55.9 Å². The molecule has 1 saturated heterocycles. The number of carbonyl (C=O) groups is 2. The monoisotopic (exact) mass is 326 g/mol. The number of unbranched alkanes of at least 4 members (excludes halogenated alkanes) is 1. The van der Waals surface area contributed by atoms with Gasteiger partial charge in [0.15, 0.2) is 0 Å². The summed E-state index contributed by atoms with van der Waals surface area (Å²) in [5.74, 6) is 0.249. The Kier molecular flexibility index (Phi) is 7.99. The van der Waals surface area contributed by atoms with Crippen molar-refractivity contribution < 1.29 is 9.59 Å². The van der Waals surface area contributed by atoms with E-state index in [0.717, 1.165) is 32.5 Å². The first-order valence-corrected chi connectivity index (χ1v) is 8.71. The lowest BCUT2D eigenvalue weighted by Gasteiger charge is -2.35. The molecule has 0 unspecified atom stereocenters. The minimum Gasteiger partial charge on any atom is -0.350 e. The zero-order valence-corrected chi connectivity index (χ0v) is 15.5. The third-order valence-corrected chi connectivity index (χ3v) is 3.91. The van der Waals surface area contributed by atoms with Crippen molar-refractivity contribution in [2.24, 2.45) is 0 Å². The molecular formula is C17H34N4O2. The largest absolute Gasteiger partial charge is 0.350 e. The molecule has 6 heteroatoms. The molecule has 2 amide bonds. The van der Waals surface area contributed by atoms with E-state index in [1.165, 1.54) is 0 Å². The number of hydrogen-bond donors (Lipinski definition) is 1. The van der Waals surface area contributed by atoms with Gasteiger partial charge in [0.25, 0.3) is 0 Å². The highest BCUT2D eigenvalue weighted by molar-refractivity contribution is 5.79.